The summed E-state index contributed by atoms with van der Waals surface area (Å²) >= 11 is 5.75. The molecule has 92 valence electrons. The molecule has 1 heterocycles. The van der Waals surface area contributed by atoms with Crippen molar-refractivity contribution in [1.82, 2.24) is 9.55 Å². The molecule has 0 aliphatic rings. The Balaban J connectivity index is 2.54. The topological polar surface area (TPSA) is 53.1 Å². The molecular weight excluding hydrogens is 245 g/mol. The molecule has 0 saturated heterocycles. The molecule has 2 aromatic rings. The number of nitrogens with two attached hydrogens (primary N) is 1. The van der Waals surface area contributed by atoms with Crippen molar-refractivity contribution in [2.75, 3.05) is 12.8 Å². The summed E-state index contributed by atoms with van der Waals surface area (Å²) in [5, 5.41) is 0.0590. The molecule has 0 aliphatic carbocycles. The molecule has 2 N–H and O–H groups in total. The first kappa shape index (κ1) is 12.1. The van der Waals surface area contributed by atoms with Gasteiger partial charge in [0.2, 0.25) is 5.95 Å². The summed E-state index contributed by atoms with van der Waals surface area (Å²) in [5.41, 5.74) is 6.99. The number of methoxy groups -OCH3 is 1. The largest absolute Gasteiger partial charge is 0.380 e. The van der Waals surface area contributed by atoms with Crippen LogP contribution in [0.25, 0.3) is 11.0 Å². The fourth-order valence-corrected chi connectivity index (χ4v) is 1.82. The van der Waals surface area contributed by atoms with Gasteiger partial charge in [-0.25, -0.2) is 9.37 Å². The van der Waals surface area contributed by atoms with Crippen molar-refractivity contribution in [2.24, 2.45) is 0 Å². The van der Waals surface area contributed by atoms with Crippen LogP contribution in [0.15, 0.2) is 12.1 Å². The van der Waals surface area contributed by atoms with Crippen LogP contribution in [0.5, 0.6) is 0 Å². The number of aromatic nitrogens is 2. The maximum absolute atomic E-state index is 13.3. The predicted octanol–water partition coefficient (Wildman–Crippen LogP) is 2.45. The molecule has 0 spiro atoms. The standard InChI is InChI=1S/C11H13ClFN3O/c1-6(17-2)5-16-10-3-7(12)8(13)4-9(10)15-11(16)14/h3-4,6H,5H2,1-2H3,(H2,14,15). The first-order valence-electron chi connectivity index (χ1n) is 5.16. The van der Waals surface area contributed by atoms with Gasteiger partial charge in [-0.15, -0.1) is 0 Å². The Kier molecular flexibility index (Phi) is 3.22. The summed E-state index contributed by atoms with van der Waals surface area (Å²) in [6, 6.07) is 2.81. The van der Waals surface area contributed by atoms with Crippen molar-refractivity contribution in [1.29, 1.82) is 0 Å². The van der Waals surface area contributed by atoms with Crippen molar-refractivity contribution in [3.8, 4) is 0 Å². The van der Waals surface area contributed by atoms with Crippen LogP contribution in [0.2, 0.25) is 5.02 Å². The Hall–Kier alpha value is -1.33. The van der Waals surface area contributed by atoms with Gasteiger partial charge in [0.15, 0.2) is 0 Å². The second-order valence-corrected chi connectivity index (χ2v) is 4.29. The normalized spacial score (nSPS) is 13.2. The van der Waals surface area contributed by atoms with Gasteiger partial charge < -0.3 is 15.0 Å². The van der Waals surface area contributed by atoms with Crippen molar-refractivity contribution >= 4 is 28.6 Å². The summed E-state index contributed by atoms with van der Waals surface area (Å²) in [6.07, 6.45) is -0.0153. The fraction of sp³-hybridized carbons (Fsp3) is 0.364. The van der Waals surface area contributed by atoms with Gasteiger partial charge in [0.05, 0.1) is 28.7 Å². The number of rotatable bonds is 3. The zero-order valence-corrected chi connectivity index (χ0v) is 10.3. The van der Waals surface area contributed by atoms with E-state index in [2.05, 4.69) is 4.98 Å². The van der Waals surface area contributed by atoms with Gasteiger partial charge in [-0.1, -0.05) is 11.6 Å². The maximum atomic E-state index is 13.3. The molecule has 1 atom stereocenters. The van der Waals surface area contributed by atoms with Gasteiger partial charge in [-0.2, -0.15) is 0 Å². The highest BCUT2D eigenvalue weighted by Crippen LogP contribution is 2.25. The number of benzene rings is 1. The molecule has 2 rings (SSSR count). The molecule has 1 aromatic heterocycles. The zero-order valence-electron chi connectivity index (χ0n) is 9.58. The highest BCUT2D eigenvalue weighted by atomic mass is 35.5. The van der Waals surface area contributed by atoms with Crippen LogP contribution in [-0.4, -0.2) is 22.8 Å². The Bertz CT molecular complexity index is 555. The van der Waals surface area contributed by atoms with Gasteiger partial charge in [-0.05, 0) is 13.0 Å². The van der Waals surface area contributed by atoms with Crippen LogP contribution in [0.4, 0.5) is 10.3 Å². The molecule has 0 amide bonds. The molecule has 0 bridgehead atoms. The molecule has 0 radical (unpaired) electrons. The lowest BCUT2D eigenvalue weighted by Gasteiger charge is -2.12. The van der Waals surface area contributed by atoms with E-state index < -0.39 is 5.82 Å². The predicted molar refractivity (Wildman–Crippen MR) is 65.6 cm³/mol. The van der Waals surface area contributed by atoms with Gasteiger partial charge in [0.1, 0.15) is 5.82 Å². The molecule has 0 fully saturated rings. The third kappa shape index (κ3) is 2.21. The lowest BCUT2D eigenvalue weighted by molar-refractivity contribution is 0.105. The van der Waals surface area contributed by atoms with Gasteiger partial charge >= 0.3 is 0 Å². The highest BCUT2D eigenvalue weighted by Gasteiger charge is 2.13. The summed E-state index contributed by atoms with van der Waals surface area (Å²) in [4.78, 5) is 4.09. The van der Waals surface area contributed by atoms with E-state index in [4.69, 9.17) is 22.1 Å². The van der Waals surface area contributed by atoms with Gasteiger partial charge in [0.25, 0.3) is 0 Å². The van der Waals surface area contributed by atoms with Crippen LogP contribution in [0.1, 0.15) is 6.92 Å². The minimum Gasteiger partial charge on any atom is -0.380 e. The van der Waals surface area contributed by atoms with Crippen molar-refractivity contribution in [3.63, 3.8) is 0 Å². The van der Waals surface area contributed by atoms with Crippen LogP contribution in [0, 0.1) is 5.82 Å². The van der Waals surface area contributed by atoms with Gasteiger partial charge in [0, 0.05) is 13.2 Å². The summed E-state index contributed by atoms with van der Waals surface area (Å²) in [7, 11) is 1.62. The molecule has 6 heteroatoms. The number of nitrogen functional groups attached to an aromatic ring is 1. The molecular formula is C11H13ClFN3O. The number of hydrogen-bond donors (Lipinski definition) is 1. The molecule has 0 aliphatic heterocycles. The number of imidazole rings is 1. The average molecular weight is 258 g/mol. The van der Waals surface area contributed by atoms with E-state index in [1.165, 1.54) is 12.1 Å². The van der Waals surface area contributed by atoms with Crippen LogP contribution in [0.3, 0.4) is 0 Å². The molecule has 1 aromatic carbocycles. The quantitative estimate of drug-likeness (QED) is 0.919. The fourth-order valence-electron chi connectivity index (χ4n) is 1.66. The van der Waals surface area contributed by atoms with E-state index in [1.807, 2.05) is 6.92 Å². The number of fused-ring (bicyclic) bond motifs is 1. The van der Waals surface area contributed by atoms with E-state index in [9.17, 15) is 4.39 Å². The minimum atomic E-state index is -0.497. The first-order chi connectivity index (χ1) is 8.02. The van der Waals surface area contributed by atoms with E-state index in [1.54, 1.807) is 11.7 Å². The minimum absolute atomic E-state index is 0.0153. The van der Waals surface area contributed by atoms with E-state index in [-0.39, 0.29) is 11.1 Å². The number of halogens is 2. The third-order valence-corrected chi connectivity index (χ3v) is 2.95. The Morgan fingerprint density at radius 2 is 2.29 bits per heavy atom. The third-order valence-electron chi connectivity index (χ3n) is 2.66. The zero-order chi connectivity index (χ0) is 12.6. The van der Waals surface area contributed by atoms with E-state index in [0.717, 1.165) is 0 Å². The SMILES string of the molecule is COC(C)Cn1c(N)nc2cc(F)c(Cl)cc21. The highest BCUT2D eigenvalue weighted by molar-refractivity contribution is 6.31. The van der Waals surface area contributed by atoms with Gasteiger partial charge in [-0.3, -0.25) is 0 Å². The average Bonchev–Trinajstić information content (AvgIpc) is 2.56. The van der Waals surface area contributed by atoms with Crippen molar-refractivity contribution < 1.29 is 9.13 Å². The molecule has 0 saturated carbocycles. The van der Waals surface area contributed by atoms with E-state index in [0.29, 0.717) is 23.5 Å². The summed E-state index contributed by atoms with van der Waals surface area (Å²) in [5.74, 6) is -0.172. The van der Waals surface area contributed by atoms with Crippen LogP contribution < -0.4 is 5.73 Å². The number of anilines is 1. The van der Waals surface area contributed by atoms with E-state index >= 15 is 0 Å². The monoisotopic (exact) mass is 257 g/mol. The second-order valence-electron chi connectivity index (χ2n) is 3.88. The number of ether oxygens (including phenoxy) is 1. The molecule has 17 heavy (non-hydrogen) atoms. The van der Waals surface area contributed by atoms with Crippen LogP contribution >= 0.6 is 11.6 Å². The first-order valence-corrected chi connectivity index (χ1v) is 5.54. The summed E-state index contributed by atoms with van der Waals surface area (Å²) in [6.45, 7) is 2.46. The maximum Gasteiger partial charge on any atom is 0.201 e. The lowest BCUT2D eigenvalue weighted by Crippen LogP contribution is -2.16. The number of nitrogens with zero attached hydrogens (tertiary/aromatic N) is 2. The van der Waals surface area contributed by atoms with Crippen LogP contribution in [-0.2, 0) is 11.3 Å². The smallest absolute Gasteiger partial charge is 0.201 e. The second kappa shape index (κ2) is 4.50. The Labute approximate surface area is 103 Å². The molecule has 4 nitrogen and oxygen atoms in total. The molecule has 1 unspecified atom stereocenters. The van der Waals surface area contributed by atoms with Crippen molar-refractivity contribution in [3.05, 3.63) is 23.0 Å². The van der Waals surface area contributed by atoms with Crippen molar-refractivity contribution in [2.45, 2.75) is 19.6 Å². The lowest BCUT2D eigenvalue weighted by atomic mass is 10.3. The number of hydrogen-bond acceptors (Lipinski definition) is 3. The Morgan fingerprint density at radius 3 is 2.94 bits per heavy atom. The summed E-state index contributed by atoms with van der Waals surface area (Å²) < 4.78 is 20.2. The Morgan fingerprint density at radius 1 is 1.59 bits per heavy atom.